The fraction of sp³-hybridized carbons (Fsp3) is 0.364. The second kappa shape index (κ2) is 7.63. The predicted octanol–water partition coefficient (Wildman–Crippen LogP) is 3.77. The third-order valence-corrected chi connectivity index (χ3v) is 7.21. The van der Waals surface area contributed by atoms with E-state index >= 15 is 0 Å². The van der Waals surface area contributed by atoms with Gasteiger partial charge < -0.3 is 5.32 Å². The number of hydrogen-bond donors (Lipinski definition) is 1. The fourth-order valence-electron chi connectivity index (χ4n) is 3.60. The molecule has 29 heavy (non-hydrogen) atoms. The molecule has 1 saturated heterocycles. The largest absolute Gasteiger partial charge is 0.321 e. The molecule has 1 aliphatic rings. The molecule has 154 valence electrons. The van der Waals surface area contributed by atoms with Crippen LogP contribution in [0.4, 0.5) is 11.4 Å². The molecule has 0 aromatic heterocycles. The monoisotopic (exact) mass is 414 g/mol. The number of benzene rings is 2. The topological polar surface area (TPSA) is 83.6 Å². The highest BCUT2D eigenvalue weighted by atomic mass is 32.2. The zero-order valence-electron chi connectivity index (χ0n) is 17.2. The molecule has 0 aliphatic carbocycles. The molecule has 3 rings (SSSR count). The average Bonchev–Trinajstić information content (AvgIpc) is 2.84. The van der Waals surface area contributed by atoms with Gasteiger partial charge in [0.25, 0.3) is 5.91 Å². The van der Waals surface area contributed by atoms with Gasteiger partial charge in [-0.05, 0) is 62.1 Å². The number of carbonyl (C=O) groups is 2. The molecule has 1 heterocycles. The zero-order chi connectivity index (χ0) is 21.4. The molecule has 0 atom stereocenters. The smallest absolute Gasteiger partial charge is 0.255 e. The first-order valence-corrected chi connectivity index (χ1v) is 11.3. The molecule has 2 aromatic carbocycles. The van der Waals surface area contributed by atoms with E-state index in [-0.39, 0.29) is 17.3 Å². The van der Waals surface area contributed by atoms with Gasteiger partial charge in [0.15, 0.2) is 0 Å². The molecule has 0 radical (unpaired) electrons. The number of carbonyl (C=O) groups excluding carboxylic acids is 2. The lowest BCUT2D eigenvalue weighted by Gasteiger charge is -2.18. The van der Waals surface area contributed by atoms with Crippen LogP contribution in [0.1, 0.15) is 49.2 Å². The average molecular weight is 415 g/mol. The Morgan fingerprint density at radius 1 is 1.03 bits per heavy atom. The van der Waals surface area contributed by atoms with Gasteiger partial charge in [-0.2, -0.15) is 0 Å². The molecule has 6 nitrogen and oxygen atoms in total. The Morgan fingerprint density at radius 2 is 1.59 bits per heavy atom. The fourth-order valence-corrected chi connectivity index (χ4v) is 5.71. The number of amides is 2. The Balaban J connectivity index is 1.87. The molecule has 0 unspecified atom stereocenters. The lowest BCUT2D eigenvalue weighted by atomic mass is 9.95. The van der Waals surface area contributed by atoms with E-state index in [2.05, 4.69) is 5.32 Å². The van der Waals surface area contributed by atoms with E-state index in [1.54, 1.807) is 26.0 Å². The van der Waals surface area contributed by atoms with Crippen LogP contribution in [0.3, 0.4) is 0 Å². The highest BCUT2D eigenvalue weighted by molar-refractivity contribution is 7.94. The number of nitrogens with one attached hydrogen (secondary N) is 1. The maximum Gasteiger partial charge on any atom is 0.255 e. The number of nitrogens with zero attached hydrogens (tertiary/aromatic N) is 1. The molecule has 0 saturated carbocycles. The number of hydrogen-bond acceptors (Lipinski definition) is 4. The summed E-state index contributed by atoms with van der Waals surface area (Å²) < 4.78 is 25.7. The van der Waals surface area contributed by atoms with Crippen LogP contribution < -0.4 is 9.62 Å². The van der Waals surface area contributed by atoms with Crippen LogP contribution in [0.25, 0.3) is 0 Å². The first-order chi connectivity index (χ1) is 13.6. The summed E-state index contributed by atoms with van der Waals surface area (Å²) >= 11 is 0. The Kier molecular flexibility index (Phi) is 5.54. The van der Waals surface area contributed by atoms with Gasteiger partial charge >= 0.3 is 0 Å². The van der Waals surface area contributed by atoms with Crippen LogP contribution in [0.15, 0.2) is 42.5 Å². The van der Waals surface area contributed by atoms with Crippen molar-refractivity contribution in [2.24, 2.45) is 5.41 Å². The van der Waals surface area contributed by atoms with E-state index in [0.717, 1.165) is 34.0 Å². The van der Waals surface area contributed by atoms with Crippen LogP contribution >= 0.6 is 0 Å². The van der Waals surface area contributed by atoms with Gasteiger partial charge in [0.1, 0.15) is 0 Å². The summed E-state index contributed by atoms with van der Waals surface area (Å²) in [7, 11) is -3.71. The standard InChI is InChI=1S/C22H26N2O4S/c1-5-15-8-7-9-16(6-2)19(15)23-20(25)17-10-12-18(13-11-17)24-21(26)22(3,4)14-29(24,27)28/h7-13H,5-6,14H2,1-4H3,(H,23,25). The Morgan fingerprint density at radius 3 is 2.03 bits per heavy atom. The lowest BCUT2D eigenvalue weighted by Crippen LogP contribution is -2.32. The minimum Gasteiger partial charge on any atom is -0.321 e. The third-order valence-electron chi connectivity index (χ3n) is 5.19. The number of anilines is 2. The van der Waals surface area contributed by atoms with Crippen molar-refractivity contribution in [3.63, 3.8) is 0 Å². The highest BCUT2D eigenvalue weighted by Gasteiger charge is 2.49. The zero-order valence-corrected chi connectivity index (χ0v) is 18.0. The van der Waals surface area contributed by atoms with E-state index < -0.39 is 21.3 Å². The van der Waals surface area contributed by atoms with Gasteiger partial charge in [-0.1, -0.05) is 32.0 Å². The van der Waals surface area contributed by atoms with Crippen LogP contribution in [0.5, 0.6) is 0 Å². The normalized spacial score (nSPS) is 17.4. The molecule has 1 N–H and O–H groups in total. The van der Waals surface area contributed by atoms with Crippen molar-refractivity contribution in [2.45, 2.75) is 40.5 Å². The van der Waals surface area contributed by atoms with Crippen molar-refractivity contribution in [1.82, 2.24) is 0 Å². The quantitative estimate of drug-likeness (QED) is 0.807. The minimum atomic E-state index is -3.71. The number of aryl methyl sites for hydroxylation is 2. The summed E-state index contributed by atoms with van der Waals surface area (Å²) in [5.41, 5.74) is 2.63. The van der Waals surface area contributed by atoms with E-state index in [4.69, 9.17) is 0 Å². The van der Waals surface area contributed by atoms with Gasteiger partial charge in [0.05, 0.1) is 16.9 Å². The number of rotatable bonds is 5. The lowest BCUT2D eigenvalue weighted by molar-refractivity contribution is -0.123. The van der Waals surface area contributed by atoms with Crippen molar-refractivity contribution >= 4 is 33.2 Å². The SMILES string of the molecule is CCc1cccc(CC)c1NC(=O)c1ccc(N2C(=O)C(C)(C)CS2(=O)=O)cc1. The van der Waals surface area contributed by atoms with E-state index in [9.17, 15) is 18.0 Å². The van der Waals surface area contributed by atoms with E-state index in [1.807, 2.05) is 32.0 Å². The Hall–Kier alpha value is -2.67. The van der Waals surface area contributed by atoms with Crippen molar-refractivity contribution in [1.29, 1.82) is 0 Å². The first-order valence-electron chi connectivity index (χ1n) is 9.70. The molecular formula is C22H26N2O4S. The van der Waals surface area contributed by atoms with Crippen LogP contribution in [-0.2, 0) is 27.7 Å². The molecule has 1 fully saturated rings. The summed E-state index contributed by atoms with van der Waals surface area (Å²) in [6.45, 7) is 7.30. The predicted molar refractivity (Wildman–Crippen MR) is 115 cm³/mol. The van der Waals surface area contributed by atoms with E-state index in [0.29, 0.717) is 5.56 Å². The molecule has 1 aliphatic heterocycles. The molecular weight excluding hydrogens is 388 g/mol. The van der Waals surface area contributed by atoms with Crippen molar-refractivity contribution < 1.29 is 18.0 Å². The van der Waals surface area contributed by atoms with Crippen LogP contribution in [0.2, 0.25) is 0 Å². The van der Waals surface area contributed by atoms with Crippen LogP contribution in [-0.4, -0.2) is 26.0 Å². The van der Waals surface area contributed by atoms with Crippen molar-refractivity contribution in [3.05, 3.63) is 59.2 Å². The Bertz CT molecular complexity index is 1030. The maximum absolute atomic E-state index is 12.8. The molecule has 0 spiro atoms. The third kappa shape index (κ3) is 3.92. The van der Waals surface area contributed by atoms with Gasteiger partial charge in [-0.3, -0.25) is 9.59 Å². The minimum absolute atomic E-state index is 0.228. The second-order valence-electron chi connectivity index (χ2n) is 7.87. The van der Waals surface area contributed by atoms with Crippen LogP contribution in [0, 0.1) is 5.41 Å². The maximum atomic E-state index is 12.8. The van der Waals surface area contributed by atoms with Gasteiger partial charge in [-0.25, -0.2) is 12.7 Å². The molecule has 0 bridgehead atoms. The first kappa shape index (κ1) is 21.0. The summed E-state index contributed by atoms with van der Waals surface area (Å²) in [4.78, 5) is 25.3. The summed E-state index contributed by atoms with van der Waals surface area (Å²) in [5.74, 6) is -0.962. The second-order valence-corrected chi connectivity index (χ2v) is 9.69. The summed E-state index contributed by atoms with van der Waals surface area (Å²) in [6.07, 6.45) is 1.60. The highest BCUT2D eigenvalue weighted by Crippen LogP contribution is 2.35. The van der Waals surface area contributed by atoms with E-state index in [1.165, 1.54) is 12.1 Å². The van der Waals surface area contributed by atoms with Crippen molar-refractivity contribution in [2.75, 3.05) is 15.4 Å². The van der Waals surface area contributed by atoms with Gasteiger partial charge in [-0.15, -0.1) is 0 Å². The van der Waals surface area contributed by atoms with Gasteiger partial charge in [0, 0.05) is 11.3 Å². The molecule has 7 heteroatoms. The summed E-state index contributed by atoms with van der Waals surface area (Å²) in [6, 6.07) is 12.0. The number of para-hydroxylation sites is 1. The molecule has 2 amide bonds. The van der Waals surface area contributed by atoms with Gasteiger partial charge in [0.2, 0.25) is 15.9 Å². The number of sulfonamides is 1. The summed E-state index contributed by atoms with van der Waals surface area (Å²) in [5, 5.41) is 2.99. The Labute approximate surface area is 172 Å². The molecule has 2 aromatic rings. The van der Waals surface area contributed by atoms with Crippen molar-refractivity contribution in [3.8, 4) is 0 Å².